The van der Waals surface area contributed by atoms with Crippen LogP contribution in [0.2, 0.25) is 0 Å². The molecule has 20 heavy (non-hydrogen) atoms. The Labute approximate surface area is 126 Å². The van der Waals surface area contributed by atoms with Gasteiger partial charge in [0.2, 0.25) is 0 Å². The van der Waals surface area contributed by atoms with Crippen LogP contribution in [0, 0.1) is 17.8 Å². The first-order chi connectivity index (χ1) is 9.58. The Hall–Kier alpha value is -0.0800. The van der Waals surface area contributed by atoms with Gasteiger partial charge in [0.05, 0.1) is 0 Å². The van der Waals surface area contributed by atoms with E-state index in [2.05, 4.69) is 37.9 Å². The van der Waals surface area contributed by atoms with Crippen LogP contribution in [-0.2, 0) is 0 Å². The maximum absolute atomic E-state index is 3.65. The summed E-state index contributed by atoms with van der Waals surface area (Å²) in [5.41, 5.74) is 0. The van der Waals surface area contributed by atoms with Crippen molar-refractivity contribution in [1.82, 2.24) is 10.2 Å². The zero-order valence-electron chi connectivity index (χ0n) is 14.2. The average Bonchev–Trinajstić information content (AvgIpc) is 2.45. The predicted molar refractivity (Wildman–Crippen MR) is 88.0 cm³/mol. The van der Waals surface area contributed by atoms with Crippen LogP contribution in [0.25, 0.3) is 0 Å². The highest BCUT2D eigenvalue weighted by molar-refractivity contribution is 4.88. The quantitative estimate of drug-likeness (QED) is 0.821. The molecule has 0 amide bonds. The van der Waals surface area contributed by atoms with Gasteiger partial charge >= 0.3 is 0 Å². The fraction of sp³-hybridized carbons (Fsp3) is 1.00. The Morgan fingerprint density at radius 2 is 1.75 bits per heavy atom. The Morgan fingerprint density at radius 3 is 2.45 bits per heavy atom. The second-order valence-electron chi connectivity index (χ2n) is 7.83. The molecule has 2 fully saturated rings. The lowest BCUT2D eigenvalue weighted by Gasteiger charge is -2.45. The van der Waals surface area contributed by atoms with E-state index in [1.54, 1.807) is 0 Å². The van der Waals surface area contributed by atoms with Crippen molar-refractivity contribution in [1.29, 1.82) is 0 Å². The van der Waals surface area contributed by atoms with E-state index in [1.807, 2.05) is 0 Å². The van der Waals surface area contributed by atoms with Gasteiger partial charge in [0.1, 0.15) is 0 Å². The van der Waals surface area contributed by atoms with Crippen LogP contribution in [0.3, 0.4) is 0 Å². The highest BCUT2D eigenvalue weighted by Gasteiger charge is 2.34. The highest BCUT2D eigenvalue weighted by atomic mass is 15.2. The third-order valence-electron chi connectivity index (χ3n) is 5.47. The number of nitrogens with one attached hydrogen (secondary N) is 1. The lowest BCUT2D eigenvalue weighted by atomic mass is 9.76. The molecule has 1 heterocycles. The second-order valence-corrected chi connectivity index (χ2v) is 7.83. The SMILES string of the molecule is CC(C)NCC1CCCN(C2CCCCC2C(C)C)C1. The number of hydrogen-bond donors (Lipinski definition) is 1. The molecule has 0 aromatic heterocycles. The van der Waals surface area contributed by atoms with E-state index in [4.69, 9.17) is 0 Å². The third-order valence-corrected chi connectivity index (χ3v) is 5.47. The molecule has 3 unspecified atom stereocenters. The van der Waals surface area contributed by atoms with Crippen LogP contribution in [-0.4, -0.2) is 36.6 Å². The van der Waals surface area contributed by atoms with Crippen molar-refractivity contribution in [3.8, 4) is 0 Å². The van der Waals surface area contributed by atoms with Gasteiger partial charge < -0.3 is 5.32 Å². The topological polar surface area (TPSA) is 15.3 Å². The van der Waals surface area contributed by atoms with E-state index in [1.165, 1.54) is 58.2 Å². The smallest absolute Gasteiger partial charge is 0.0126 e. The molecule has 0 bridgehead atoms. The number of piperidine rings is 1. The molecule has 1 N–H and O–H groups in total. The summed E-state index contributed by atoms with van der Waals surface area (Å²) in [7, 11) is 0. The molecular weight excluding hydrogens is 244 g/mol. The summed E-state index contributed by atoms with van der Waals surface area (Å²) < 4.78 is 0. The standard InChI is InChI=1S/C18H36N2/c1-14(2)17-9-5-6-10-18(17)20-11-7-8-16(13-20)12-19-15(3)4/h14-19H,5-13H2,1-4H3. The second kappa shape index (κ2) is 7.79. The monoisotopic (exact) mass is 280 g/mol. The number of rotatable bonds is 5. The molecule has 1 saturated carbocycles. The molecule has 0 spiro atoms. The van der Waals surface area contributed by atoms with Crippen LogP contribution >= 0.6 is 0 Å². The molecule has 0 aromatic carbocycles. The largest absolute Gasteiger partial charge is 0.314 e. The molecule has 2 aliphatic rings. The highest BCUT2D eigenvalue weighted by Crippen LogP contribution is 2.35. The summed E-state index contributed by atoms with van der Waals surface area (Å²) in [5.74, 6) is 2.68. The van der Waals surface area contributed by atoms with E-state index in [9.17, 15) is 0 Å². The van der Waals surface area contributed by atoms with Gasteiger partial charge in [0, 0.05) is 18.6 Å². The van der Waals surface area contributed by atoms with E-state index in [-0.39, 0.29) is 0 Å². The van der Waals surface area contributed by atoms with Crippen molar-refractivity contribution >= 4 is 0 Å². The van der Waals surface area contributed by atoms with E-state index < -0.39 is 0 Å². The van der Waals surface area contributed by atoms with Crippen LogP contribution in [0.5, 0.6) is 0 Å². The van der Waals surface area contributed by atoms with Crippen LogP contribution in [0.4, 0.5) is 0 Å². The lowest BCUT2D eigenvalue weighted by Crippen LogP contribution is -2.50. The Kier molecular flexibility index (Phi) is 6.35. The number of likely N-dealkylation sites (tertiary alicyclic amines) is 1. The van der Waals surface area contributed by atoms with Crippen molar-refractivity contribution in [2.75, 3.05) is 19.6 Å². The fourth-order valence-corrected chi connectivity index (χ4v) is 4.34. The Bertz CT molecular complexity index is 275. The van der Waals surface area contributed by atoms with Gasteiger partial charge in [0.25, 0.3) is 0 Å². The average molecular weight is 280 g/mol. The van der Waals surface area contributed by atoms with E-state index in [0.717, 1.165) is 23.8 Å². The van der Waals surface area contributed by atoms with Crippen LogP contribution < -0.4 is 5.32 Å². The molecule has 3 atom stereocenters. The van der Waals surface area contributed by atoms with Crippen molar-refractivity contribution in [2.45, 2.75) is 78.3 Å². The minimum absolute atomic E-state index is 0.628. The summed E-state index contributed by atoms with van der Waals surface area (Å²) in [6.07, 6.45) is 8.67. The van der Waals surface area contributed by atoms with Crippen LogP contribution in [0.1, 0.15) is 66.2 Å². The summed E-state index contributed by atoms with van der Waals surface area (Å²) in [6.45, 7) is 13.3. The van der Waals surface area contributed by atoms with E-state index in [0.29, 0.717) is 6.04 Å². The van der Waals surface area contributed by atoms with Gasteiger partial charge in [-0.1, -0.05) is 40.5 Å². The zero-order chi connectivity index (χ0) is 14.5. The number of hydrogen-bond acceptors (Lipinski definition) is 2. The molecule has 0 radical (unpaired) electrons. The lowest BCUT2D eigenvalue weighted by molar-refractivity contribution is 0.0438. The number of nitrogens with zero attached hydrogens (tertiary/aromatic N) is 1. The third kappa shape index (κ3) is 4.46. The van der Waals surface area contributed by atoms with Crippen molar-refractivity contribution < 1.29 is 0 Å². The Balaban J connectivity index is 1.89. The normalized spacial score (nSPS) is 33.0. The van der Waals surface area contributed by atoms with Crippen molar-refractivity contribution in [2.24, 2.45) is 17.8 Å². The van der Waals surface area contributed by atoms with Crippen molar-refractivity contribution in [3.63, 3.8) is 0 Å². The van der Waals surface area contributed by atoms with Gasteiger partial charge in [-0.15, -0.1) is 0 Å². The molecule has 2 rings (SSSR count). The Morgan fingerprint density at radius 1 is 1.00 bits per heavy atom. The first-order valence-corrected chi connectivity index (χ1v) is 9.05. The van der Waals surface area contributed by atoms with Crippen molar-refractivity contribution in [3.05, 3.63) is 0 Å². The van der Waals surface area contributed by atoms with Crippen LogP contribution in [0.15, 0.2) is 0 Å². The molecule has 2 nitrogen and oxygen atoms in total. The first kappa shape index (κ1) is 16.3. The summed E-state index contributed by atoms with van der Waals surface area (Å²) >= 11 is 0. The molecular formula is C18H36N2. The van der Waals surface area contributed by atoms with Gasteiger partial charge in [-0.05, 0) is 56.5 Å². The van der Waals surface area contributed by atoms with E-state index >= 15 is 0 Å². The fourth-order valence-electron chi connectivity index (χ4n) is 4.34. The molecule has 118 valence electrons. The van der Waals surface area contributed by atoms with Gasteiger partial charge in [0.15, 0.2) is 0 Å². The van der Waals surface area contributed by atoms with Gasteiger partial charge in [-0.2, -0.15) is 0 Å². The molecule has 1 aliphatic carbocycles. The zero-order valence-corrected chi connectivity index (χ0v) is 14.2. The summed E-state index contributed by atoms with van der Waals surface area (Å²) in [4.78, 5) is 2.86. The van der Waals surface area contributed by atoms with Gasteiger partial charge in [-0.25, -0.2) is 0 Å². The molecule has 1 aliphatic heterocycles. The minimum atomic E-state index is 0.628. The van der Waals surface area contributed by atoms with Gasteiger partial charge in [-0.3, -0.25) is 4.90 Å². The summed E-state index contributed by atoms with van der Waals surface area (Å²) in [5, 5.41) is 3.65. The first-order valence-electron chi connectivity index (χ1n) is 9.05. The molecule has 2 heteroatoms. The maximum Gasteiger partial charge on any atom is 0.0126 e. The summed E-state index contributed by atoms with van der Waals surface area (Å²) in [6, 6.07) is 1.51. The predicted octanol–water partition coefficient (Wildman–Crippen LogP) is 3.91. The molecule has 0 aromatic rings. The molecule has 1 saturated heterocycles. The minimum Gasteiger partial charge on any atom is -0.314 e. The maximum atomic E-state index is 3.65.